The fourth-order valence-corrected chi connectivity index (χ4v) is 1.50. The van der Waals surface area contributed by atoms with Gasteiger partial charge in [-0.05, 0) is 23.4 Å². The molecule has 1 aliphatic heterocycles. The van der Waals surface area contributed by atoms with E-state index in [9.17, 15) is 4.79 Å². The van der Waals surface area contributed by atoms with Crippen molar-refractivity contribution < 1.29 is 4.79 Å². The van der Waals surface area contributed by atoms with E-state index < -0.39 is 0 Å². The van der Waals surface area contributed by atoms with Gasteiger partial charge in [0.15, 0.2) is 5.62 Å². The number of carbonyl (C=O) groups is 1. The maximum absolute atomic E-state index is 9.92. The minimum absolute atomic E-state index is 0.802. The van der Waals surface area contributed by atoms with Crippen molar-refractivity contribution >= 4 is 29.5 Å². The van der Waals surface area contributed by atoms with Crippen molar-refractivity contribution in [3.8, 4) is 0 Å². The van der Waals surface area contributed by atoms with Crippen molar-refractivity contribution in [1.29, 1.82) is 0 Å². The second-order valence-corrected chi connectivity index (χ2v) is 3.17. The summed E-state index contributed by atoms with van der Waals surface area (Å²) in [7, 11) is 0. The summed E-state index contributed by atoms with van der Waals surface area (Å²) in [4.78, 5) is 9.92. The maximum Gasteiger partial charge on any atom is 0.197 e. The highest BCUT2D eigenvalue weighted by Crippen LogP contribution is 2.23. The molecular formula is C5H5NOS2. The highest BCUT2D eigenvalue weighted by atomic mass is 32.2. The Bertz CT molecular complexity index is 153. The van der Waals surface area contributed by atoms with Crippen LogP contribution in [0.4, 0.5) is 0 Å². The molecule has 0 unspecified atom stereocenters. The molecule has 1 rings (SSSR count). The van der Waals surface area contributed by atoms with E-state index in [0.29, 0.717) is 0 Å². The van der Waals surface area contributed by atoms with Gasteiger partial charge in [0.1, 0.15) is 0 Å². The third kappa shape index (κ3) is 2.15. The molecule has 48 valence electrons. The molecule has 0 aromatic carbocycles. The first-order valence-electron chi connectivity index (χ1n) is 2.33. The number of carbonyl (C=O) groups excluding carboxylic acids is 1. The van der Waals surface area contributed by atoms with Crippen molar-refractivity contribution in [3.63, 3.8) is 0 Å². The maximum atomic E-state index is 9.92. The van der Waals surface area contributed by atoms with E-state index in [0.717, 1.165) is 17.6 Å². The zero-order valence-corrected chi connectivity index (χ0v) is 6.19. The van der Waals surface area contributed by atoms with E-state index in [2.05, 4.69) is 0 Å². The van der Waals surface area contributed by atoms with Gasteiger partial charge >= 0.3 is 0 Å². The second-order valence-electron chi connectivity index (χ2n) is 1.26. The molecule has 0 radical (unpaired) electrons. The topological polar surface area (TPSA) is 20.3 Å². The molecule has 2 nitrogen and oxygen atoms in total. The van der Waals surface area contributed by atoms with Crippen LogP contribution >= 0.6 is 23.9 Å². The van der Waals surface area contributed by atoms with Gasteiger partial charge in [-0.1, -0.05) is 6.08 Å². The largest absolute Gasteiger partial charge is 0.289 e. The van der Waals surface area contributed by atoms with Crippen LogP contribution in [0.25, 0.3) is 0 Å². The normalized spacial score (nSPS) is 16.2. The summed E-state index contributed by atoms with van der Waals surface area (Å²) in [6.45, 7) is 0. The zero-order valence-electron chi connectivity index (χ0n) is 4.56. The quantitative estimate of drug-likeness (QED) is 0.452. The molecule has 0 fully saturated rings. The summed E-state index contributed by atoms with van der Waals surface area (Å²) >= 11 is 2.62. The van der Waals surface area contributed by atoms with Gasteiger partial charge < -0.3 is 0 Å². The Morgan fingerprint density at radius 1 is 1.56 bits per heavy atom. The zero-order chi connectivity index (χ0) is 6.53. The average Bonchev–Trinajstić information content (AvgIpc) is 1.91. The Morgan fingerprint density at radius 2 is 2.44 bits per heavy atom. The van der Waals surface area contributed by atoms with E-state index in [1.165, 1.54) is 11.9 Å². The number of nitrogens with zero attached hydrogens (tertiary/aromatic N) is 1. The summed E-state index contributed by atoms with van der Waals surface area (Å²) < 4.78 is 1.77. The van der Waals surface area contributed by atoms with Crippen LogP contribution in [0.5, 0.6) is 0 Å². The molecule has 1 heterocycles. The fourth-order valence-electron chi connectivity index (χ4n) is 0.398. The van der Waals surface area contributed by atoms with E-state index in [1.807, 2.05) is 23.8 Å². The lowest BCUT2D eigenvalue weighted by Crippen LogP contribution is -1.95. The summed E-state index contributed by atoms with van der Waals surface area (Å²) in [5.74, 6) is 0. The number of allylic oxidation sites excluding steroid dienone is 2. The van der Waals surface area contributed by atoms with E-state index in [1.54, 1.807) is 3.71 Å². The molecule has 0 aromatic heterocycles. The van der Waals surface area contributed by atoms with E-state index in [-0.39, 0.29) is 0 Å². The molecular weight excluding hydrogens is 154 g/mol. The predicted octanol–water partition coefficient (Wildman–Crippen LogP) is 1.82. The van der Waals surface area contributed by atoms with Crippen molar-refractivity contribution in [2.24, 2.45) is 0 Å². The van der Waals surface area contributed by atoms with Gasteiger partial charge in [-0.15, -0.1) is 0 Å². The summed E-state index contributed by atoms with van der Waals surface area (Å²) in [6, 6.07) is 0. The smallest absolute Gasteiger partial charge is 0.197 e. The lowest BCUT2D eigenvalue weighted by Gasteiger charge is -2.12. The van der Waals surface area contributed by atoms with Crippen LogP contribution in [0.3, 0.4) is 0 Å². The summed E-state index contributed by atoms with van der Waals surface area (Å²) in [5.41, 5.74) is 0.802. The highest BCUT2D eigenvalue weighted by molar-refractivity contribution is 8.20. The molecule has 0 bridgehead atoms. The third-order valence-electron chi connectivity index (χ3n) is 0.709. The monoisotopic (exact) mass is 159 g/mol. The molecule has 0 aromatic rings. The molecule has 0 aliphatic carbocycles. The van der Waals surface area contributed by atoms with Crippen LogP contribution in [0.1, 0.15) is 0 Å². The van der Waals surface area contributed by atoms with Crippen LogP contribution in [0, 0.1) is 0 Å². The standard InChI is InChI=1S/C5H5NOS2/c7-5-9-6-3-1-2-4-8-6/h1-5H. The Kier molecular flexibility index (Phi) is 2.73. The SMILES string of the molecule is O=CSN1C=CC=CS1. The van der Waals surface area contributed by atoms with Crippen LogP contribution < -0.4 is 0 Å². The summed E-state index contributed by atoms with van der Waals surface area (Å²) in [6.07, 6.45) is 5.64. The summed E-state index contributed by atoms with van der Waals surface area (Å²) in [5, 5.41) is 1.91. The lowest BCUT2D eigenvalue weighted by molar-refractivity contribution is 0.569. The predicted molar refractivity (Wildman–Crippen MR) is 42.1 cm³/mol. The molecule has 0 spiro atoms. The Morgan fingerprint density at radius 3 is 3.00 bits per heavy atom. The first kappa shape index (κ1) is 6.77. The lowest BCUT2D eigenvalue weighted by atomic mass is 10.6. The van der Waals surface area contributed by atoms with Gasteiger partial charge in [0, 0.05) is 18.1 Å². The average molecular weight is 159 g/mol. The molecule has 0 saturated carbocycles. The minimum atomic E-state index is 0.802. The van der Waals surface area contributed by atoms with Gasteiger partial charge in [0.2, 0.25) is 0 Å². The first-order valence-corrected chi connectivity index (χ1v) is 4.00. The van der Waals surface area contributed by atoms with Gasteiger partial charge in [-0.2, -0.15) is 0 Å². The Hall–Kier alpha value is -0.350. The third-order valence-corrected chi connectivity index (χ3v) is 2.25. The van der Waals surface area contributed by atoms with Gasteiger partial charge in [0.05, 0.1) is 0 Å². The molecule has 0 saturated heterocycles. The van der Waals surface area contributed by atoms with Crippen molar-refractivity contribution in [3.05, 3.63) is 23.8 Å². The van der Waals surface area contributed by atoms with Crippen molar-refractivity contribution in [2.75, 3.05) is 0 Å². The molecule has 0 N–H and O–H groups in total. The first-order chi connectivity index (χ1) is 4.43. The van der Waals surface area contributed by atoms with E-state index >= 15 is 0 Å². The molecule has 9 heavy (non-hydrogen) atoms. The van der Waals surface area contributed by atoms with Crippen molar-refractivity contribution in [2.45, 2.75) is 0 Å². The van der Waals surface area contributed by atoms with Gasteiger partial charge in [-0.3, -0.25) is 8.51 Å². The van der Waals surface area contributed by atoms with Gasteiger partial charge in [0.25, 0.3) is 0 Å². The van der Waals surface area contributed by atoms with Crippen LogP contribution in [-0.2, 0) is 4.79 Å². The molecule has 1 aliphatic rings. The second kappa shape index (κ2) is 3.63. The Balaban J connectivity index is 2.36. The molecule has 4 heteroatoms. The molecule has 0 atom stereocenters. The van der Waals surface area contributed by atoms with Crippen LogP contribution in [0.15, 0.2) is 23.8 Å². The minimum Gasteiger partial charge on any atom is -0.289 e. The highest BCUT2D eigenvalue weighted by Gasteiger charge is 1.97. The number of hydrogen-bond acceptors (Lipinski definition) is 4. The number of rotatable bonds is 2. The molecule has 0 amide bonds. The number of hydrogen-bond donors (Lipinski definition) is 0. The van der Waals surface area contributed by atoms with Crippen molar-refractivity contribution in [1.82, 2.24) is 3.71 Å². The fraction of sp³-hybridized carbons (Fsp3) is 0. The Labute approximate surface area is 62.3 Å². The van der Waals surface area contributed by atoms with Crippen LogP contribution in [0.2, 0.25) is 0 Å². The van der Waals surface area contributed by atoms with Gasteiger partial charge in [-0.25, -0.2) is 0 Å². The van der Waals surface area contributed by atoms with Crippen LogP contribution in [-0.4, -0.2) is 9.33 Å². The van der Waals surface area contributed by atoms with E-state index in [4.69, 9.17) is 0 Å².